The van der Waals surface area contributed by atoms with Crippen LogP contribution in [0.5, 0.6) is 5.75 Å². The lowest BCUT2D eigenvalue weighted by atomic mass is 10.2. The van der Waals surface area contributed by atoms with E-state index in [9.17, 15) is 9.18 Å². The van der Waals surface area contributed by atoms with E-state index >= 15 is 0 Å². The predicted molar refractivity (Wildman–Crippen MR) is 85.3 cm³/mol. The summed E-state index contributed by atoms with van der Waals surface area (Å²) in [7, 11) is 3.84. The van der Waals surface area contributed by atoms with Gasteiger partial charge in [0.05, 0.1) is 15.8 Å². The van der Waals surface area contributed by atoms with E-state index in [2.05, 4.69) is 4.98 Å². The second kappa shape index (κ2) is 5.73. The molecule has 22 heavy (non-hydrogen) atoms. The summed E-state index contributed by atoms with van der Waals surface area (Å²) in [5.74, 6) is -0.644. The van der Waals surface area contributed by atoms with Gasteiger partial charge in [-0.15, -0.1) is 0 Å². The number of carbonyl (C=O) groups is 1. The molecule has 0 spiro atoms. The number of anilines is 1. The van der Waals surface area contributed by atoms with Gasteiger partial charge in [-0.2, -0.15) is 0 Å². The van der Waals surface area contributed by atoms with Gasteiger partial charge in [-0.25, -0.2) is 14.2 Å². The van der Waals surface area contributed by atoms with E-state index in [1.54, 1.807) is 18.2 Å². The Morgan fingerprint density at radius 1 is 1.23 bits per heavy atom. The van der Waals surface area contributed by atoms with Gasteiger partial charge in [-0.05, 0) is 30.3 Å². The molecule has 1 aromatic heterocycles. The lowest BCUT2D eigenvalue weighted by Crippen LogP contribution is -2.08. The second-order valence-corrected chi connectivity index (χ2v) is 5.93. The smallest absolute Gasteiger partial charge is 0.343 e. The molecule has 2 aromatic carbocycles. The van der Waals surface area contributed by atoms with Crippen LogP contribution in [-0.2, 0) is 0 Å². The SMILES string of the molecule is CN(C)c1nc2ccc(OC(=O)c3cccc(F)c3)cc2s1. The Morgan fingerprint density at radius 2 is 2.05 bits per heavy atom. The minimum absolute atomic E-state index is 0.179. The summed E-state index contributed by atoms with van der Waals surface area (Å²) in [4.78, 5) is 18.4. The summed E-state index contributed by atoms with van der Waals surface area (Å²) in [6.07, 6.45) is 0. The number of halogens is 1. The highest BCUT2D eigenvalue weighted by Crippen LogP contribution is 2.30. The molecule has 3 aromatic rings. The van der Waals surface area contributed by atoms with E-state index in [1.807, 2.05) is 19.0 Å². The van der Waals surface area contributed by atoms with Crippen molar-refractivity contribution >= 4 is 32.7 Å². The molecule has 0 aliphatic rings. The molecular weight excluding hydrogens is 303 g/mol. The Kier molecular flexibility index (Phi) is 3.77. The number of ether oxygens (including phenoxy) is 1. The van der Waals surface area contributed by atoms with Gasteiger partial charge < -0.3 is 9.64 Å². The molecule has 0 saturated carbocycles. The highest BCUT2D eigenvalue weighted by Gasteiger charge is 2.11. The highest BCUT2D eigenvalue weighted by atomic mass is 32.1. The minimum atomic E-state index is -0.587. The number of benzene rings is 2. The van der Waals surface area contributed by atoms with Crippen molar-refractivity contribution in [2.75, 3.05) is 19.0 Å². The van der Waals surface area contributed by atoms with E-state index in [-0.39, 0.29) is 5.56 Å². The van der Waals surface area contributed by atoms with E-state index in [0.717, 1.165) is 21.4 Å². The van der Waals surface area contributed by atoms with Crippen LogP contribution in [0.15, 0.2) is 42.5 Å². The Morgan fingerprint density at radius 3 is 2.77 bits per heavy atom. The van der Waals surface area contributed by atoms with Gasteiger partial charge in [0.2, 0.25) is 0 Å². The maximum Gasteiger partial charge on any atom is 0.343 e. The Balaban J connectivity index is 1.86. The van der Waals surface area contributed by atoms with Gasteiger partial charge in [-0.1, -0.05) is 17.4 Å². The molecule has 0 aliphatic heterocycles. The molecule has 1 heterocycles. The Bertz CT molecular complexity index is 845. The summed E-state index contributed by atoms with van der Waals surface area (Å²) < 4.78 is 19.4. The molecule has 112 valence electrons. The average molecular weight is 316 g/mol. The van der Waals surface area contributed by atoms with Crippen molar-refractivity contribution in [1.29, 1.82) is 0 Å². The summed E-state index contributed by atoms with van der Waals surface area (Å²) in [6, 6.07) is 10.7. The number of hydrogen-bond donors (Lipinski definition) is 0. The first kappa shape index (κ1) is 14.5. The zero-order valence-corrected chi connectivity index (χ0v) is 12.9. The summed E-state index contributed by atoms with van der Waals surface area (Å²) in [5.41, 5.74) is 1.03. The van der Waals surface area contributed by atoms with Crippen LogP contribution in [-0.4, -0.2) is 25.0 Å². The summed E-state index contributed by atoms with van der Waals surface area (Å²) in [5, 5.41) is 0.878. The first-order valence-corrected chi connectivity index (χ1v) is 7.40. The summed E-state index contributed by atoms with van der Waals surface area (Å²) >= 11 is 1.51. The molecule has 3 rings (SSSR count). The van der Waals surface area contributed by atoms with Gasteiger partial charge in [0.15, 0.2) is 5.13 Å². The third-order valence-electron chi connectivity index (χ3n) is 3.00. The number of esters is 1. The molecule has 0 atom stereocenters. The molecule has 6 heteroatoms. The van der Waals surface area contributed by atoms with Crippen molar-refractivity contribution in [3.63, 3.8) is 0 Å². The lowest BCUT2D eigenvalue weighted by molar-refractivity contribution is 0.0734. The fourth-order valence-corrected chi connectivity index (χ4v) is 2.85. The topological polar surface area (TPSA) is 42.4 Å². The van der Waals surface area contributed by atoms with Crippen molar-refractivity contribution in [3.8, 4) is 5.75 Å². The fraction of sp³-hybridized carbons (Fsp3) is 0.125. The van der Waals surface area contributed by atoms with E-state index < -0.39 is 11.8 Å². The zero-order valence-electron chi connectivity index (χ0n) is 12.0. The van der Waals surface area contributed by atoms with Crippen molar-refractivity contribution in [2.45, 2.75) is 0 Å². The minimum Gasteiger partial charge on any atom is -0.423 e. The fourth-order valence-electron chi connectivity index (χ4n) is 1.93. The van der Waals surface area contributed by atoms with Crippen molar-refractivity contribution in [2.24, 2.45) is 0 Å². The molecular formula is C16H13FN2O2S. The zero-order chi connectivity index (χ0) is 15.7. The molecule has 0 aliphatic carbocycles. The van der Waals surface area contributed by atoms with Crippen molar-refractivity contribution in [3.05, 3.63) is 53.8 Å². The molecule has 4 nitrogen and oxygen atoms in total. The van der Waals surface area contributed by atoms with Gasteiger partial charge in [0, 0.05) is 20.2 Å². The van der Waals surface area contributed by atoms with Gasteiger partial charge in [-0.3, -0.25) is 0 Å². The monoisotopic (exact) mass is 316 g/mol. The third-order valence-corrected chi connectivity index (χ3v) is 4.19. The van der Waals surface area contributed by atoms with Crippen LogP contribution < -0.4 is 9.64 Å². The first-order valence-electron chi connectivity index (χ1n) is 6.58. The normalized spacial score (nSPS) is 10.7. The highest BCUT2D eigenvalue weighted by molar-refractivity contribution is 7.22. The maximum atomic E-state index is 13.1. The van der Waals surface area contributed by atoms with Crippen molar-refractivity contribution < 1.29 is 13.9 Å². The number of rotatable bonds is 3. The number of aromatic nitrogens is 1. The van der Waals surface area contributed by atoms with Crippen LogP contribution in [0.3, 0.4) is 0 Å². The number of thiazole rings is 1. The van der Waals surface area contributed by atoms with E-state index in [4.69, 9.17) is 4.74 Å². The molecule has 0 radical (unpaired) electrons. The van der Waals surface area contributed by atoms with Gasteiger partial charge in [0.25, 0.3) is 0 Å². The van der Waals surface area contributed by atoms with Crippen LogP contribution in [0, 0.1) is 5.82 Å². The number of nitrogens with zero attached hydrogens (tertiary/aromatic N) is 2. The molecule has 0 amide bonds. The first-order chi connectivity index (χ1) is 10.5. The van der Waals surface area contributed by atoms with Crippen LogP contribution in [0.4, 0.5) is 9.52 Å². The maximum absolute atomic E-state index is 13.1. The molecule has 0 N–H and O–H groups in total. The average Bonchev–Trinajstić information content (AvgIpc) is 2.90. The number of hydrogen-bond acceptors (Lipinski definition) is 5. The third kappa shape index (κ3) is 2.92. The molecule has 0 unspecified atom stereocenters. The lowest BCUT2D eigenvalue weighted by Gasteiger charge is -2.04. The Labute approximate surface area is 130 Å². The van der Waals surface area contributed by atoms with Crippen molar-refractivity contribution in [1.82, 2.24) is 4.98 Å². The van der Waals surface area contributed by atoms with Gasteiger partial charge >= 0.3 is 5.97 Å². The molecule has 0 fully saturated rings. The standard InChI is InChI=1S/C16H13FN2O2S/c1-19(2)16-18-13-7-6-12(9-14(13)22-16)21-15(20)10-4-3-5-11(17)8-10/h3-9H,1-2H3. The molecule has 0 bridgehead atoms. The van der Waals surface area contributed by atoms with Gasteiger partial charge in [0.1, 0.15) is 11.6 Å². The van der Waals surface area contributed by atoms with Crippen LogP contribution in [0.1, 0.15) is 10.4 Å². The second-order valence-electron chi connectivity index (χ2n) is 4.92. The van der Waals surface area contributed by atoms with Crippen LogP contribution in [0.25, 0.3) is 10.2 Å². The summed E-state index contributed by atoms with van der Waals surface area (Å²) in [6.45, 7) is 0. The van der Waals surface area contributed by atoms with Crippen LogP contribution >= 0.6 is 11.3 Å². The number of fused-ring (bicyclic) bond motifs is 1. The predicted octanol–water partition coefficient (Wildman–Crippen LogP) is 3.72. The quantitative estimate of drug-likeness (QED) is 0.545. The van der Waals surface area contributed by atoms with Crippen LogP contribution in [0.2, 0.25) is 0 Å². The largest absolute Gasteiger partial charge is 0.423 e. The molecule has 0 saturated heterocycles. The van der Waals surface area contributed by atoms with E-state index in [1.165, 1.54) is 29.5 Å². The van der Waals surface area contributed by atoms with E-state index in [0.29, 0.717) is 5.75 Å². The Hall–Kier alpha value is -2.47. The number of carbonyl (C=O) groups excluding carboxylic acids is 1.